The lowest BCUT2D eigenvalue weighted by molar-refractivity contribution is -0.119. The van der Waals surface area contributed by atoms with Crippen molar-refractivity contribution in [3.63, 3.8) is 0 Å². The van der Waals surface area contributed by atoms with Crippen molar-refractivity contribution < 1.29 is 4.79 Å². The second kappa shape index (κ2) is 3.51. The molecule has 0 bridgehead atoms. The molecule has 1 aliphatic carbocycles. The fourth-order valence-corrected chi connectivity index (χ4v) is 2.19. The number of fused-ring (bicyclic) bond motifs is 1. The molecule has 2 heteroatoms. The molecule has 1 N–H and O–H groups in total. The van der Waals surface area contributed by atoms with E-state index in [-0.39, 0.29) is 17.4 Å². The maximum Gasteiger partial charge on any atom is 0.251 e. The highest BCUT2D eigenvalue weighted by molar-refractivity contribution is 5.99. The van der Waals surface area contributed by atoms with E-state index in [2.05, 4.69) is 38.2 Å². The van der Waals surface area contributed by atoms with Crippen LogP contribution < -0.4 is 5.32 Å². The first-order chi connectivity index (χ1) is 6.98. The molecule has 2 nitrogen and oxygen atoms in total. The molecular formula is C13H19NO. The molecule has 1 fully saturated rings. The van der Waals surface area contributed by atoms with Crippen LogP contribution in [0, 0.1) is 5.41 Å². The summed E-state index contributed by atoms with van der Waals surface area (Å²) in [6.45, 7) is 6.53. The van der Waals surface area contributed by atoms with Crippen LogP contribution in [0.1, 0.15) is 40.0 Å². The van der Waals surface area contributed by atoms with Crippen LogP contribution in [0.25, 0.3) is 0 Å². The predicted molar refractivity (Wildman–Crippen MR) is 61.4 cm³/mol. The minimum Gasteiger partial charge on any atom is -0.348 e. The molecule has 1 atom stereocenters. The molecule has 1 saturated heterocycles. The van der Waals surface area contributed by atoms with E-state index in [1.807, 2.05) is 0 Å². The summed E-state index contributed by atoms with van der Waals surface area (Å²) in [4.78, 5) is 11.9. The van der Waals surface area contributed by atoms with E-state index in [0.717, 1.165) is 24.8 Å². The first-order valence-electron chi connectivity index (χ1n) is 5.69. The highest BCUT2D eigenvalue weighted by Gasteiger charge is 2.34. The summed E-state index contributed by atoms with van der Waals surface area (Å²) in [5.74, 6) is 0.118. The van der Waals surface area contributed by atoms with Crippen LogP contribution in [0.2, 0.25) is 0 Å². The van der Waals surface area contributed by atoms with E-state index in [0.29, 0.717) is 0 Å². The summed E-state index contributed by atoms with van der Waals surface area (Å²) >= 11 is 0. The van der Waals surface area contributed by atoms with Crippen LogP contribution in [-0.4, -0.2) is 11.9 Å². The van der Waals surface area contributed by atoms with Gasteiger partial charge in [0.1, 0.15) is 0 Å². The van der Waals surface area contributed by atoms with Gasteiger partial charge in [0.15, 0.2) is 0 Å². The fraction of sp³-hybridized carbons (Fsp3) is 0.615. The number of amides is 1. The molecule has 0 spiro atoms. The summed E-state index contributed by atoms with van der Waals surface area (Å²) in [7, 11) is 0. The SMILES string of the molecule is CC(C)(C)C1CC2=CCCC=C2C(=O)N1. The normalized spacial score (nSPS) is 26.3. The maximum atomic E-state index is 11.9. The second-order valence-corrected chi connectivity index (χ2v) is 5.52. The van der Waals surface area contributed by atoms with Crippen LogP contribution in [0.15, 0.2) is 23.3 Å². The first-order valence-corrected chi connectivity index (χ1v) is 5.69. The van der Waals surface area contributed by atoms with Crippen molar-refractivity contribution in [2.45, 2.75) is 46.1 Å². The van der Waals surface area contributed by atoms with Crippen LogP contribution in [0.5, 0.6) is 0 Å². The third kappa shape index (κ3) is 1.99. The lowest BCUT2D eigenvalue weighted by atomic mass is 9.77. The van der Waals surface area contributed by atoms with Gasteiger partial charge in [0.05, 0.1) is 0 Å². The summed E-state index contributed by atoms with van der Waals surface area (Å²) in [6, 6.07) is 0.270. The molecular weight excluding hydrogens is 186 g/mol. The number of hydrogen-bond acceptors (Lipinski definition) is 1. The molecule has 1 unspecified atom stereocenters. The van der Waals surface area contributed by atoms with Crippen molar-refractivity contribution in [2.24, 2.45) is 5.41 Å². The van der Waals surface area contributed by atoms with Gasteiger partial charge in [-0.25, -0.2) is 0 Å². The first kappa shape index (κ1) is 10.5. The molecule has 1 amide bonds. The van der Waals surface area contributed by atoms with Crippen LogP contribution in [-0.2, 0) is 4.79 Å². The lowest BCUT2D eigenvalue weighted by Crippen LogP contribution is -2.48. The van der Waals surface area contributed by atoms with Gasteiger partial charge in [-0.2, -0.15) is 0 Å². The third-order valence-electron chi connectivity index (χ3n) is 3.27. The number of nitrogens with one attached hydrogen (secondary N) is 1. The number of carbonyl (C=O) groups is 1. The Kier molecular flexibility index (Phi) is 2.45. The average Bonchev–Trinajstić information content (AvgIpc) is 2.16. The molecule has 0 radical (unpaired) electrons. The Morgan fingerprint density at radius 1 is 1.27 bits per heavy atom. The third-order valence-corrected chi connectivity index (χ3v) is 3.27. The van der Waals surface area contributed by atoms with Gasteiger partial charge in [-0.05, 0) is 30.3 Å². The quantitative estimate of drug-likeness (QED) is 0.647. The number of piperidine rings is 1. The van der Waals surface area contributed by atoms with Crippen molar-refractivity contribution >= 4 is 5.91 Å². The van der Waals surface area contributed by atoms with E-state index in [1.54, 1.807) is 0 Å². The van der Waals surface area contributed by atoms with Crippen molar-refractivity contribution in [1.29, 1.82) is 0 Å². The Hall–Kier alpha value is -1.05. The summed E-state index contributed by atoms with van der Waals surface area (Å²) in [5, 5.41) is 3.11. The van der Waals surface area contributed by atoms with E-state index < -0.39 is 0 Å². The molecule has 1 heterocycles. The van der Waals surface area contributed by atoms with Crippen LogP contribution >= 0.6 is 0 Å². The minimum atomic E-state index is 0.118. The Bertz CT molecular complexity index is 344. The van der Waals surface area contributed by atoms with Gasteiger partial charge in [0.25, 0.3) is 5.91 Å². The zero-order chi connectivity index (χ0) is 11.1. The minimum absolute atomic E-state index is 0.118. The Morgan fingerprint density at radius 3 is 2.60 bits per heavy atom. The Balaban J connectivity index is 2.24. The number of hydrogen-bond donors (Lipinski definition) is 1. The van der Waals surface area contributed by atoms with Gasteiger partial charge in [0.2, 0.25) is 0 Å². The highest BCUT2D eigenvalue weighted by Crippen LogP contribution is 2.33. The van der Waals surface area contributed by atoms with Crippen molar-refractivity contribution in [3.05, 3.63) is 23.3 Å². The van der Waals surface area contributed by atoms with Gasteiger partial charge >= 0.3 is 0 Å². The van der Waals surface area contributed by atoms with E-state index in [1.165, 1.54) is 5.57 Å². The van der Waals surface area contributed by atoms with Gasteiger partial charge in [-0.15, -0.1) is 0 Å². The summed E-state index contributed by atoms with van der Waals surface area (Å²) in [5.41, 5.74) is 2.31. The lowest BCUT2D eigenvalue weighted by Gasteiger charge is -2.37. The largest absolute Gasteiger partial charge is 0.348 e. The summed E-state index contributed by atoms with van der Waals surface area (Å²) in [6.07, 6.45) is 7.38. The zero-order valence-electron chi connectivity index (χ0n) is 9.76. The standard InChI is InChI=1S/C13H19NO/c1-13(2,3)11-8-9-6-4-5-7-10(9)12(15)14-11/h6-7,11H,4-5,8H2,1-3H3,(H,14,15). The monoisotopic (exact) mass is 205 g/mol. The van der Waals surface area contributed by atoms with Crippen LogP contribution in [0.4, 0.5) is 0 Å². The van der Waals surface area contributed by atoms with Gasteiger partial charge in [-0.3, -0.25) is 4.79 Å². The van der Waals surface area contributed by atoms with Gasteiger partial charge in [-0.1, -0.05) is 32.9 Å². The molecule has 82 valence electrons. The van der Waals surface area contributed by atoms with E-state index in [4.69, 9.17) is 0 Å². The number of allylic oxidation sites excluding steroid dienone is 2. The maximum absolute atomic E-state index is 11.9. The van der Waals surface area contributed by atoms with Crippen LogP contribution in [0.3, 0.4) is 0 Å². The van der Waals surface area contributed by atoms with E-state index >= 15 is 0 Å². The topological polar surface area (TPSA) is 29.1 Å². The number of rotatable bonds is 0. The molecule has 0 saturated carbocycles. The molecule has 0 aromatic rings. The number of carbonyl (C=O) groups excluding carboxylic acids is 1. The second-order valence-electron chi connectivity index (χ2n) is 5.52. The smallest absolute Gasteiger partial charge is 0.251 e. The molecule has 15 heavy (non-hydrogen) atoms. The Morgan fingerprint density at radius 2 is 1.93 bits per heavy atom. The van der Waals surface area contributed by atoms with Crippen molar-refractivity contribution in [2.75, 3.05) is 0 Å². The van der Waals surface area contributed by atoms with Crippen molar-refractivity contribution in [1.82, 2.24) is 5.32 Å². The van der Waals surface area contributed by atoms with Gasteiger partial charge < -0.3 is 5.32 Å². The molecule has 2 rings (SSSR count). The predicted octanol–water partition coefficient (Wildman–Crippen LogP) is 2.57. The Labute approximate surface area is 91.4 Å². The zero-order valence-corrected chi connectivity index (χ0v) is 9.76. The average molecular weight is 205 g/mol. The van der Waals surface area contributed by atoms with E-state index in [9.17, 15) is 4.79 Å². The van der Waals surface area contributed by atoms with Gasteiger partial charge in [0, 0.05) is 11.6 Å². The fourth-order valence-electron chi connectivity index (χ4n) is 2.19. The summed E-state index contributed by atoms with van der Waals surface area (Å²) < 4.78 is 0. The molecule has 0 aromatic carbocycles. The highest BCUT2D eigenvalue weighted by atomic mass is 16.1. The molecule has 1 aliphatic heterocycles. The van der Waals surface area contributed by atoms with Crippen molar-refractivity contribution in [3.8, 4) is 0 Å². The molecule has 2 aliphatic rings. The molecule has 0 aromatic heterocycles.